The van der Waals surface area contributed by atoms with Crippen LogP contribution in [0.5, 0.6) is 0 Å². The van der Waals surface area contributed by atoms with Crippen LogP contribution >= 0.6 is 30.8 Å². The second-order valence-electron chi connectivity index (χ2n) is 10.4. The largest absolute Gasteiger partial charge is 0.756 e. The Morgan fingerprint density at radius 1 is 0.660 bits per heavy atom. The van der Waals surface area contributed by atoms with Crippen molar-refractivity contribution in [1.29, 1.82) is 0 Å². The van der Waals surface area contributed by atoms with Crippen LogP contribution in [0.25, 0.3) is 22.3 Å². The third-order valence-electron chi connectivity index (χ3n) is 6.47. The molecule has 4 rings (SSSR count). The highest BCUT2D eigenvalue weighted by atomic mass is 31.3. The minimum absolute atomic E-state index is 0.000526. The van der Waals surface area contributed by atoms with Gasteiger partial charge in [-0.3, -0.25) is 27.4 Å². The van der Waals surface area contributed by atoms with Gasteiger partial charge in [0.2, 0.25) is 0 Å². The van der Waals surface area contributed by atoms with Crippen LogP contribution in [-0.4, -0.2) is 132 Å². The van der Waals surface area contributed by atoms with E-state index in [1.54, 1.807) is 0 Å². The van der Waals surface area contributed by atoms with Crippen LogP contribution in [0.3, 0.4) is 0 Å². The smallest absolute Gasteiger partial charge is 0.479 e. The number of hydrogen-bond acceptors (Lipinski definition) is 23. The maximum Gasteiger partial charge on any atom is 0.479 e. The Morgan fingerprint density at radius 3 is 1.53 bits per heavy atom. The minimum Gasteiger partial charge on any atom is -0.756 e. The molecule has 8 atom stereocenters. The summed E-state index contributed by atoms with van der Waals surface area (Å²) in [5.74, 6) is -2.09. The normalized spacial score (nSPS) is 19.2. The first-order valence-corrected chi connectivity index (χ1v) is 20.9. The van der Waals surface area contributed by atoms with Crippen LogP contribution in [0.1, 0.15) is 12.5 Å². The van der Waals surface area contributed by atoms with E-state index in [-0.39, 0.29) is 34.0 Å². The zero-order chi connectivity index (χ0) is 39.2. The molecule has 4 unspecified atom stereocenters. The fraction of sp³-hybridized carbons (Fsp3) is 0.524. The average molecular weight is 837 g/mol. The molecule has 32 heteroatoms. The van der Waals surface area contributed by atoms with E-state index >= 15 is 0 Å². The van der Waals surface area contributed by atoms with Crippen molar-refractivity contribution < 1.29 is 85.4 Å². The predicted molar refractivity (Wildman–Crippen MR) is 172 cm³/mol. The van der Waals surface area contributed by atoms with Gasteiger partial charge in [-0.15, -0.1) is 0 Å². The molecule has 0 aliphatic rings. The van der Waals surface area contributed by atoms with Crippen molar-refractivity contribution in [2.24, 2.45) is 0 Å². The maximum atomic E-state index is 12.5. The van der Waals surface area contributed by atoms with Crippen LogP contribution in [0.15, 0.2) is 25.3 Å². The molecular formula is C21H33N10O18P4-. The molecule has 4 heterocycles. The van der Waals surface area contributed by atoms with E-state index in [1.807, 2.05) is 0 Å². The standard InChI is InChI=1S/C21H34N10O18P4/c22-18-16-20(26-7-24-18)30(9-28-16)14(3-34)46-12(1-32)5-44-52(40,41)48-50(36,37)11-51(38,39)49-53(42,43)45-6-13(2-33)47-15(4-35)31-10-29-17-19(23)25-8-27-21(17)31/h7-10,12-15,32-35H,1-6,11H2,(H,36,37)(H,38,39)(H,40,41)(H,42,43)(H2,22,24,26)(H2,23,25,27)/p-1/t12-,13-,14-,15+/m0/s1. The number of aromatic nitrogens is 8. The Morgan fingerprint density at radius 2 is 1.09 bits per heavy atom. The van der Waals surface area contributed by atoms with E-state index in [4.69, 9.17) is 20.9 Å². The minimum atomic E-state index is -5.87. The molecule has 53 heavy (non-hydrogen) atoms. The Kier molecular flexibility index (Phi) is 14.3. The Labute approximate surface area is 296 Å². The molecule has 0 saturated heterocycles. The summed E-state index contributed by atoms with van der Waals surface area (Å²) in [6.07, 6.45) is -1.24. The highest BCUT2D eigenvalue weighted by Gasteiger charge is 2.42. The Bertz CT molecular complexity index is 1910. The van der Waals surface area contributed by atoms with Gasteiger partial charge in [0.15, 0.2) is 41.3 Å². The predicted octanol–water partition coefficient (Wildman–Crippen LogP) is -2.47. The van der Waals surface area contributed by atoms with Crippen molar-refractivity contribution in [3.8, 4) is 0 Å². The lowest BCUT2D eigenvalue weighted by Crippen LogP contribution is -2.30. The third kappa shape index (κ3) is 11.5. The van der Waals surface area contributed by atoms with Gasteiger partial charge < -0.3 is 65.5 Å². The SMILES string of the molecule is Nc1ncnc2c1ncn2[C@H](CO)O[C@@H](CO)COP(=O)([O-])OP(=O)(O)CP(=O)(O)OP(=O)(O)OC[C@H](CO)O[C@H](CO)n1cnc2c(N)ncnc21. The number of ether oxygens (including phenoxy) is 2. The van der Waals surface area contributed by atoms with E-state index in [1.165, 1.54) is 9.13 Å². The molecule has 296 valence electrons. The van der Waals surface area contributed by atoms with Crippen molar-refractivity contribution in [3.05, 3.63) is 25.3 Å². The lowest BCUT2D eigenvalue weighted by molar-refractivity contribution is -0.221. The summed E-state index contributed by atoms with van der Waals surface area (Å²) in [5.41, 5.74) is 11.9. The van der Waals surface area contributed by atoms with Gasteiger partial charge >= 0.3 is 23.0 Å². The molecular weight excluding hydrogens is 804 g/mol. The van der Waals surface area contributed by atoms with E-state index < -0.39 is 101 Å². The first-order chi connectivity index (χ1) is 24.8. The zero-order valence-electron chi connectivity index (χ0n) is 26.7. The molecule has 11 N–H and O–H groups in total. The number of rotatable bonds is 22. The summed E-state index contributed by atoms with van der Waals surface area (Å²) in [4.78, 5) is 65.8. The number of nitrogen functional groups attached to an aromatic ring is 2. The maximum absolute atomic E-state index is 12.5. The molecule has 4 aromatic heterocycles. The van der Waals surface area contributed by atoms with Crippen LogP contribution in [0.2, 0.25) is 0 Å². The molecule has 0 saturated carbocycles. The monoisotopic (exact) mass is 837 g/mol. The van der Waals surface area contributed by atoms with Gasteiger partial charge in [-0.05, 0) is 0 Å². The number of aliphatic hydroxyl groups is 4. The fourth-order valence-electron chi connectivity index (χ4n) is 4.26. The molecule has 28 nitrogen and oxygen atoms in total. The van der Waals surface area contributed by atoms with Gasteiger partial charge in [-0.1, -0.05) is 0 Å². The summed E-state index contributed by atoms with van der Waals surface area (Å²) >= 11 is 0. The Balaban J connectivity index is 1.30. The van der Waals surface area contributed by atoms with Gasteiger partial charge in [0, 0.05) is 0 Å². The van der Waals surface area contributed by atoms with Gasteiger partial charge in [0.1, 0.15) is 35.9 Å². The molecule has 0 amide bonds. The summed E-state index contributed by atoms with van der Waals surface area (Å²) in [7, 11) is -23.0. The van der Waals surface area contributed by atoms with Crippen LogP contribution in [0.4, 0.5) is 11.6 Å². The number of phosphoric acid groups is 2. The summed E-state index contributed by atoms with van der Waals surface area (Å²) < 4.78 is 80.2. The number of hydrogen-bond donors (Lipinski definition) is 9. The number of fused-ring (bicyclic) bond motifs is 2. The van der Waals surface area contributed by atoms with Crippen molar-refractivity contribution in [1.82, 2.24) is 39.0 Å². The van der Waals surface area contributed by atoms with Crippen LogP contribution in [-0.2, 0) is 45.4 Å². The Hall–Kier alpha value is -2.94. The van der Waals surface area contributed by atoms with Crippen molar-refractivity contribution in [2.75, 3.05) is 57.0 Å². The first-order valence-electron chi connectivity index (χ1n) is 14.4. The molecule has 0 aliphatic heterocycles. The molecule has 0 bridgehead atoms. The molecule has 0 radical (unpaired) electrons. The van der Waals surface area contributed by atoms with E-state index in [0.717, 1.165) is 25.3 Å². The zero-order valence-corrected chi connectivity index (χ0v) is 30.3. The molecule has 0 aliphatic carbocycles. The van der Waals surface area contributed by atoms with Gasteiger partial charge in [0.05, 0.1) is 52.3 Å². The van der Waals surface area contributed by atoms with E-state index in [9.17, 15) is 58.3 Å². The fourth-order valence-corrected chi connectivity index (χ4v) is 11.0. The highest BCUT2D eigenvalue weighted by molar-refractivity contribution is 7.76. The van der Waals surface area contributed by atoms with E-state index in [0.29, 0.717) is 0 Å². The lowest BCUT2D eigenvalue weighted by Gasteiger charge is -2.28. The molecule has 0 spiro atoms. The number of imidazole rings is 2. The second kappa shape index (κ2) is 17.7. The first kappa shape index (κ1) is 42.8. The molecule has 4 aromatic rings. The number of nitrogens with two attached hydrogens (primary N) is 2. The number of phosphoric ester groups is 2. The summed E-state index contributed by atoms with van der Waals surface area (Å²) in [5, 5.41) is 39.0. The van der Waals surface area contributed by atoms with Crippen LogP contribution in [0, 0.1) is 0 Å². The van der Waals surface area contributed by atoms with Gasteiger partial charge in [-0.2, -0.15) is 0 Å². The quantitative estimate of drug-likeness (QED) is 0.0370. The van der Waals surface area contributed by atoms with E-state index in [2.05, 4.69) is 47.6 Å². The number of anilines is 2. The van der Waals surface area contributed by atoms with Crippen molar-refractivity contribution >= 4 is 64.8 Å². The number of aliphatic hydroxyl groups excluding tert-OH is 4. The van der Waals surface area contributed by atoms with Gasteiger partial charge in [-0.25, -0.2) is 43.1 Å². The molecule has 0 fully saturated rings. The van der Waals surface area contributed by atoms with Gasteiger partial charge in [0.25, 0.3) is 7.82 Å². The van der Waals surface area contributed by atoms with Crippen molar-refractivity contribution in [2.45, 2.75) is 24.7 Å². The second-order valence-corrected chi connectivity index (χ2v) is 17.7. The molecule has 0 aromatic carbocycles. The topological polar surface area (TPSA) is 428 Å². The number of nitrogens with zero attached hydrogens (tertiary/aromatic N) is 8. The average Bonchev–Trinajstić information content (AvgIpc) is 3.70. The summed E-state index contributed by atoms with van der Waals surface area (Å²) in [6, 6.07) is 0. The highest BCUT2D eigenvalue weighted by Crippen LogP contribution is 2.69. The van der Waals surface area contributed by atoms with Crippen molar-refractivity contribution in [3.63, 3.8) is 0 Å². The van der Waals surface area contributed by atoms with Crippen LogP contribution < -0.4 is 16.4 Å². The summed E-state index contributed by atoms with van der Waals surface area (Å²) in [6.45, 7) is -5.49. The third-order valence-corrected chi connectivity index (χ3v) is 13.9. The lowest BCUT2D eigenvalue weighted by atomic mass is 10.4.